The molecule has 2 aliphatic rings. The Bertz CT molecular complexity index is 416. The Hall–Kier alpha value is -0.740. The predicted octanol–water partition coefficient (Wildman–Crippen LogP) is 2.69. The Kier molecular flexibility index (Phi) is 3.25. The molecule has 2 heterocycles. The molecule has 0 saturated carbocycles. The molecule has 0 radical (unpaired) electrons. The third kappa shape index (κ3) is 2.29. The number of fused-ring (bicyclic) bond motifs is 1. The molecule has 92 valence electrons. The third-order valence-corrected chi connectivity index (χ3v) is 4.13. The van der Waals surface area contributed by atoms with Crippen LogP contribution in [0.1, 0.15) is 24.3 Å². The standard InChI is InChI=1S/C13H16BrNO2/c14-11-8-13-12(16-5-6-17-13)7-10(11)9-1-3-15-4-2-9/h7-9,15H,1-6H2. The van der Waals surface area contributed by atoms with E-state index in [2.05, 4.69) is 27.3 Å². The molecule has 1 saturated heterocycles. The van der Waals surface area contributed by atoms with Gasteiger partial charge in [0.1, 0.15) is 13.2 Å². The Labute approximate surface area is 110 Å². The average Bonchev–Trinajstić information content (AvgIpc) is 2.39. The van der Waals surface area contributed by atoms with Gasteiger partial charge in [0.05, 0.1) is 0 Å². The molecule has 0 atom stereocenters. The van der Waals surface area contributed by atoms with Gasteiger partial charge in [-0.3, -0.25) is 0 Å². The van der Waals surface area contributed by atoms with Crippen LogP contribution in [0.2, 0.25) is 0 Å². The van der Waals surface area contributed by atoms with E-state index in [1.165, 1.54) is 18.4 Å². The van der Waals surface area contributed by atoms with Gasteiger partial charge in [-0.15, -0.1) is 0 Å². The number of piperidine rings is 1. The van der Waals surface area contributed by atoms with Crippen LogP contribution in [-0.2, 0) is 0 Å². The number of hydrogen-bond acceptors (Lipinski definition) is 3. The van der Waals surface area contributed by atoms with E-state index in [9.17, 15) is 0 Å². The zero-order chi connectivity index (χ0) is 11.7. The van der Waals surface area contributed by atoms with E-state index >= 15 is 0 Å². The van der Waals surface area contributed by atoms with Gasteiger partial charge < -0.3 is 14.8 Å². The first-order valence-electron chi connectivity index (χ1n) is 6.14. The maximum Gasteiger partial charge on any atom is 0.162 e. The fourth-order valence-corrected chi connectivity index (χ4v) is 3.17. The van der Waals surface area contributed by atoms with Crippen LogP contribution in [0.15, 0.2) is 16.6 Å². The minimum Gasteiger partial charge on any atom is -0.486 e. The maximum atomic E-state index is 5.65. The molecule has 1 fully saturated rings. The van der Waals surface area contributed by atoms with Crippen molar-refractivity contribution in [1.29, 1.82) is 0 Å². The number of rotatable bonds is 1. The Morgan fingerprint density at radius 2 is 1.71 bits per heavy atom. The highest BCUT2D eigenvalue weighted by Crippen LogP contribution is 2.40. The molecule has 2 aliphatic heterocycles. The summed E-state index contributed by atoms with van der Waals surface area (Å²) in [7, 11) is 0. The quantitative estimate of drug-likeness (QED) is 0.864. The zero-order valence-electron chi connectivity index (χ0n) is 9.67. The summed E-state index contributed by atoms with van der Waals surface area (Å²) in [5, 5.41) is 3.40. The third-order valence-electron chi connectivity index (χ3n) is 3.44. The smallest absolute Gasteiger partial charge is 0.162 e. The molecule has 4 heteroatoms. The molecule has 0 bridgehead atoms. The number of benzene rings is 1. The first-order valence-corrected chi connectivity index (χ1v) is 6.93. The van der Waals surface area contributed by atoms with Crippen molar-refractivity contribution in [3.05, 3.63) is 22.2 Å². The van der Waals surface area contributed by atoms with E-state index in [0.717, 1.165) is 29.1 Å². The SMILES string of the molecule is Brc1cc2c(cc1C1CCNCC1)OCCO2. The van der Waals surface area contributed by atoms with Crippen molar-refractivity contribution in [1.82, 2.24) is 5.32 Å². The molecular formula is C13H16BrNO2. The summed E-state index contributed by atoms with van der Waals surface area (Å²) in [5.74, 6) is 2.38. The summed E-state index contributed by atoms with van der Waals surface area (Å²) >= 11 is 3.65. The highest BCUT2D eigenvalue weighted by atomic mass is 79.9. The lowest BCUT2D eigenvalue weighted by molar-refractivity contribution is 0.171. The molecule has 1 aromatic carbocycles. The lowest BCUT2D eigenvalue weighted by Crippen LogP contribution is -2.27. The largest absolute Gasteiger partial charge is 0.486 e. The Morgan fingerprint density at radius 1 is 1.06 bits per heavy atom. The van der Waals surface area contributed by atoms with Crippen LogP contribution < -0.4 is 14.8 Å². The van der Waals surface area contributed by atoms with E-state index < -0.39 is 0 Å². The van der Waals surface area contributed by atoms with Crippen LogP contribution in [0.4, 0.5) is 0 Å². The Morgan fingerprint density at radius 3 is 2.41 bits per heavy atom. The van der Waals surface area contributed by atoms with Crippen LogP contribution in [0, 0.1) is 0 Å². The van der Waals surface area contributed by atoms with Crippen LogP contribution >= 0.6 is 15.9 Å². The second-order valence-electron chi connectivity index (χ2n) is 4.54. The van der Waals surface area contributed by atoms with Gasteiger partial charge in [-0.1, -0.05) is 15.9 Å². The predicted molar refractivity (Wildman–Crippen MR) is 70.0 cm³/mol. The van der Waals surface area contributed by atoms with E-state index in [0.29, 0.717) is 19.1 Å². The number of ether oxygens (including phenoxy) is 2. The maximum absolute atomic E-state index is 5.65. The van der Waals surface area contributed by atoms with Gasteiger partial charge in [-0.05, 0) is 49.5 Å². The first kappa shape index (κ1) is 11.4. The van der Waals surface area contributed by atoms with E-state index in [1.807, 2.05) is 6.07 Å². The first-order chi connectivity index (χ1) is 8.34. The van der Waals surface area contributed by atoms with Crippen molar-refractivity contribution >= 4 is 15.9 Å². The normalized spacial score (nSPS) is 20.3. The number of hydrogen-bond donors (Lipinski definition) is 1. The van der Waals surface area contributed by atoms with Crippen LogP contribution in [0.3, 0.4) is 0 Å². The molecule has 3 rings (SSSR count). The van der Waals surface area contributed by atoms with Crippen LogP contribution in [0.5, 0.6) is 11.5 Å². The minimum atomic E-state index is 0.626. The van der Waals surface area contributed by atoms with Crippen molar-refractivity contribution in [3.63, 3.8) is 0 Å². The monoisotopic (exact) mass is 297 g/mol. The number of nitrogens with one attached hydrogen (secondary N) is 1. The van der Waals surface area contributed by atoms with Crippen molar-refractivity contribution in [2.75, 3.05) is 26.3 Å². The van der Waals surface area contributed by atoms with Crippen LogP contribution in [-0.4, -0.2) is 26.3 Å². The molecule has 0 aromatic heterocycles. The van der Waals surface area contributed by atoms with Gasteiger partial charge in [0, 0.05) is 4.47 Å². The summed E-state index contributed by atoms with van der Waals surface area (Å²) in [6.07, 6.45) is 2.39. The van der Waals surface area contributed by atoms with E-state index in [-0.39, 0.29) is 0 Å². The highest BCUT2D eigenvalue weighted by Gasteiger charge is 2.21. The molecule has 0 spiro atoms. The second kappa shape index (κ2) is 4.86. The second-order valence-corrected chi connectivity index (χ2v) is 5.40. The molecule has 0 aliphatic carbocycles. The Balaban J connectivity index is 1.93. The lowest BCUT2D eigenvalue weighted by atomic mass is 9.90. The average molecular weight is 298 g/mol. The highest BCUT2D eigenvalue weighted by molar-refractivity contribution is 9.10. The zero-order valence-corrected chi connectivity index (χ0v) is 11.3. The summed E-state index contributed by atoms with van der Waals surface area (Å²) in [6, 6.07) is 4.19. The van der Waals surface area contributed by atoms with Gasteiger partial charge in [0.2, 0.25) is 0 Å². The topological polar surface area (TPSA) is 30.5 Å². The minimum absolute atomic E-state index is 0.626. The lowest BCUT2D eigenvalue weighted by Gasteiger charge is -2.26. The summed E-state index contributed by atoms with van der Waals surface area (Å²) in [6.45, 7) is 3.50. The number of halogens is 1. The van der Waals surface area contributed by atoms with E-state index in [1.54, 1.807) is 0 Å². The van der Waals surface area contributed by atoms with Crippen molar-refractivity contribution < 1.29 is 9.47 Å². The molecule has 1 N–H and O–H groups in total. The molecule has 1 aromatic rings. The fourth-order valence-electron chi connectivity index (χ4n) is 2.53. The molecule has 0 unspecified atom stereocenters. The van der Waals surface area contributed by atoms with Gasteiger partial charge >= 0.3 is 0 Å². The van der Waals surface area contributed by atoms with Crippen molar-refractivity contribution in [2.24, 2.45) is 0 Å². The summed E-state index contributed by atoms with van der Waals surface area (Å²) < 4.78 is 12.4. The summed E-state index contributed by atoms with van der Waals surface area (Å²) in [4.78, 5) is 0. The fraction of sp³-hybridized carbons (Fsp3) is 0.538. The molecular weight excluding hydrogens is 282 g/mol. The van der Waals surface area contributed by atoms with Gasteiger partial charge in [-0.25, -0.2) is 0 Å². The van der Waals surface area contributed by atoms with Crippen molar-refractivity contribution in [2.45, 2.75) is 18.8 Å². The van der Waals surface area contributed by atoms with Gasteiger partial charge in [0.25, 0.3) is 0 Å². The van der Waals surface area contributed by atoms with Crippen LogP contribution in [0.25, 0.3) is 0 Å². The van der Waals surface area contributed by atoms with Gasteiger partial charge in [-0.2, -0.15) is 0 Å². The molecule has 0 amide bonds. The summed E-state index contributed by atoms with van der Waals surface area (Å²) in [5.41, 5.74) is 1.36. The molecule has 3 nitrogen and oxygen atoms in total. The van der Waals surface area contributed by atoms with E-state index in [4.69, 9.17) is 9.47 Å². The van der Waals surface area contributed by atoms with Crippen molar-refractivity contribution in [3.8, 4) is 11.5 Å². The molecule has 17 heavy (non-hydrogen) atoms. The van der Waals surface area contributed by atoms with Gasteiger partial charge in [0.15, 0.2) is 11.5 Å².